The van der Waals surface area contributed by atoms with E-state index >= 15 is 0 Å². The summed E-state index contributed by atoms with van der Waals surface area (Å²) in [5, 5.41) is 9.74. The first-order chi connectivity index (χ1) is 11.6. The van der Waals surface area contributed by atoms with Gasteiger partial charge in [-0.15, -0.1) is 0 Å². The largest absolute Gasteiger partial charge is 0.479 e. The SMILES string of the molecule is O=C(O)CON1C(=O)N2C[C@H]1CC[C@@H]2C(=O)OCc1ccccc1. The van der Waals surface area contributed by atoms with Crippen LogP contribution in [0.2, 0.25) is 0 Å². The predicted molar refractivity (Wildman–Crippen MR) is 80.6 cm³/mol. The molecule has 0 saturated carbocycles. The van der Waals surface area contributed by atoms with Crippen LogP contribution in [0.25, 0.3) is 0 Å². The summed E-state index contributed by atoms with van der Waals surface area (Å²) in [5.41, 5.74) is 0.874. The fourth-order valence-corrected chi connectivity index (χ4v) is 2.99. The van der Waals surface area contributed by atoms with E-state index in [-0.39, 0.29) is 12.6 Å². The minimum absolute atomic E-state index is 0.154. The molecule has 1 aromatic rings. The van der Waals surface area contributed by atoms with Crippen molar-refractivity contribution in [1.29, 1.82) is 0 Å². The van der Waals surface area contributed by atoms with Crippen LogP contribution >= 0.6 is 0 Å². The van der Waals surface area contributed by atoms with E-state index in [4.69, 9.17) is 14.7 Å². The zero-order valence-electron chi connectivity index (χ0n) is 13.0. The topological polar surface area (TPSA) is 96.4 Å². The molecule has 8 heteroatoms. The van der Waals surface area contributed by atoms with Gasteiger partial charge in [0.15, 0.2) is 6.61 Å². The molecule has 2 aliphatic rings. The lowest BCUT2D eigenvalue weighted by molar-refractivity contribution is -0.167. The predicted octanol–water partition coefficient (Wildman–Crippen LogP) is 1.01. The van der Waals surface area contributed by atoms with Crippen LogP contribution in [0.1, 0.15) is 18.4 Å². The normalized spacial score (nSPS) is 22.6. The number of piperidine rings is 1. The van der Waals surface area contributed by atoms with E-state index in [9.17, 15) is 14.4 Å². The summed E-state index contributed by atoms with van der Waals surface area (Å²) in [4.78, 5) is 41.6. The second-order valence-electron chi connectivity index (χ2n) is 5.77. The molecule has 3 rings (SSSR count). The van der Waals surface area contributed by atoms with E-state index in [1.54, 1.807) is 0 Å². The molecule has 2 bridgehead atoms. The molecule has 2 atom stereocenters. The number of carboxylic acid groups (broad SMARTS) is 1. The van der Waals surface area contributed by atoms with Crippen LogP contribution in [0, 0.1) is 0 Å². The number of nitrogens with zero attached hydrogens (tertiary/aromatic N) is 2. The highest BCUT2D eigenvalue weighted by Gasteiger charge is 2.48. The summed E-state index contributed by atoms with van der Waals surface area (Å²) >= 11 is 0. The number of amides is 2. The second-order valence-corrected chi connectivity index (χ2v) is 5.77. The van der Waals surface area contributed by atoms with Crippen LogP contribution in [0.4, 0.5) is 4.79 Å². The Morgan fingerprint density at radius 3 is 2.67 bits per heavy atom. The summed E-state index contributed by atoms with van der Waals surface area (Å²) in [6, 6.07) is 7.93. The monoisotopic (exact) mass is 334 g/mol. The van der Waals surface area contributed by atoms with E-state index in [0.717, 1.165) is 10.6 Å². The van der Waals surface area contributed by atoms with Gasteiger partial charge in [0.2, 0.25) is 0 Å². The molecule has 2 heterocycles. The standard InChI is InChI=1S/C16H18N2O6/c19-14(20)10-24-18-12-6-7-13(17(8-12)16(18)22)15(21)23-9-11-4-2-1-3-5-11/h1-5,12-13H,6-10H2,(H,19,20)/t12-,13-/m1/s1. The third-order valence-corrected chi connectivity index (χ3v) is 4.15. The quantitative estimate of drug-likeness (QED) is 0.780. The molecule has 24 heavy (non-hydrogen) atoms. The highest BCUT2D eigenvalue weighted by atomic mass is 16.7. The van der Waals surface area contributed by atoms with E-state index in [1.165, 1.54) is 4.90 Å². The summed E-state index contributed by atoms with van der Waals surface area (Å²) in [6.07, 6.45) is 1.03. The molecule has 1 aromatic carbocycles. The van der Waals surface area contributed by atoms with Gasteiger partial charge in [-0.25, -0.2) is 14.4 Å². The van der Waals surface area contributed by atoms with Crippen molar-refractivity contribution in [2.24, 2.45) is 0 Å². The van der Waals surface area contributed by atoms with E-state index in [2.05, 4.69) is 0 Å². The number of carbonyl (C=O) groups excluding carboxylic acids is 2. The first-order valence-electron chi connectivity index (χ1n) is 7.71. The molecule has 2 amide bonds. The Morgan fingerprint density at radius 1 is 1.21 bits per heavy atom. The first-order valence-corrected chi connectivity index (χ1v) is 7.71. The third-order valence-electron chi connectivity index (χ3n) is 4.15. The molecule has 0 unspecified atom stereocenters. The minimum Gasteiger partial charge on any atom is -0.479 e. The van der Waals surface area contributed by atoms with Crippen molar-refractivity contribution >= 4 is 18.0 Å². The number of ether oxygens (including phenoxy) is 1. The van der Waals surface area contributed by atoms with Gasteiger partial charge >= 0.3 is 18.0 Å². The lowest BCUT2D eigenvalue weighted by Gasteiger charge is -2.28. The Morgan fingerprint density at radius 2 is 1.96 bits per heavy atom. The summed E-state index contributed by atoms with van der Waals surface area (Å²) in [7, 11) is 0. The maximum Gasteiger partial charge on any atom is 0.345 e. The van der Waals surface area contributed by atoms with E-state index < -0.39 is 30.6 Å². The Bertz CT molecular complexity index is 635. The number of carboxylic acids is 1. The smallest absolute Gasteiger partial charge is 0.345 e. The van der Waals surface area contributed by atoms with Crippen molar-refractivity contribution in [1.82, 2.24) is 9.96 Å². The maximum absolute atomic E-state index is 12.3. The molecular weight excluding hydrogens is 316 g/mol. The highest BCUT2D eigenvalue weighted by molar-refractivity contribution is 5.85. The molecule has 2 aliphatic heterocycles. The van der Waals surface area contributed by atoms with Gasteiger partial charge in [0.25, 0.3) is 0 Å². The van der Waals surface area contributed by atoms with Gasteiger partial charge in [0, 0.05) is 6.54 Å². The Labute approximate surface area is 138 Å². The van der Waals surface area contributed by atoms with Crippen molar-refractivity contribution in [3.05, 3.63) is 35.9 Å². The molecule has 0 aromatic heterocycles. The van der Waals surface area contributed by atoms with Crippen LogP contribution in [-0.2, 0) is 25.8 Å². The van der Waals surface area contributed by atoms with E-state index in [1.807, 2.05) is 30.3 Å². The van der Waals surface area contributed by atoms with Gasteiger partial charge < -0.3 is 14.7 Å². The van der Waals surface area contributed by atoms with Crippen LogP contribution in [0.3, 0.4) is 0 Å². The number of hydrogen-bond donors (Lipinski definition) is 1. The Kier molecular flexibility index (Phi) is 4.66. The van der Waals surface area contributed by atoms with Gasteiger partial charge in [-0.3, -0.25) is 4.84 Å². The van der Waals surface area contributed by atoms with E-state index in [0.29, 0.717) is 19.4 Å². The number of urea groups is 1. The number of benzene rings is 1. The molecule has 1 N–H and O–H groups in total. The van der Waals surface area contributed by atoms with Crippen molar-refractivity contribution < 1.29 is 29.1 Å². The maximum atomic E-state index is 12.3. The lowest BCUT2D eigenvalue weighted by Crippen LogP contribution is -2.45. The number of rotatable bonds is 6. The summed E-state index contributed by atoms with van der Waals surface area (Å²) in [6.45, 7) is -0.0936. The van der Waals surface area contributed by atoms with Gasteiger partial charge in [-0.1, -0.05) is 30.3 Å². The van der Waals surface area contributed by atoms with Crippen molar-refractivity contribution in [2.75, 3.05) is 13.2 Å². The summed E-state index contributed by atoms with van der Waals surface area (Å²) < 4.78 is 5.31. The molecule has 8 nitrogen and oxygen atoms in total. The molecule has 0 spiro atoms. The van der Waals surface area contributed by atoms with Gasteiger partial charge in [-0.2, -0.15) is 5.06 Å². The zero-order valence-corrected chi connectivity index (χ0v) is 13.0. The third kappa shape index (κ3) is 3.33. The first kappa shape index (κ1) is 16.3. The van der Waals surface area contributed by atoms with Gasteiger partial charge in [-0.05, 0) is 18.4 Å². The van der Waals surface area contributed by atoms with Gasteiger partial charge in [0.05, 0.1) is 6.04 Å². The molecule has 0 aliphatic carbocycles. The van der Waals surface area contributed by atoms with Crippen molar-refractivity contribution in [3.8, 4) is 0 Å². The minimum atomic E-state index is -1.15. The number of hydroxylamine groups is 2. The number of hydrogen-bond acceptors (Lipinski definition) is 5. The fourth-order valence-electron chi connectivity index (χ4n) is 2.99. The van der Waals surface area contributed by atoms with Gasteiger partial charge in [0.1, 0.15) is 12.6 Å². The molecule has 128 valence electrons. The van der Waals surface area contributed by atoms with Crippen molar-refractivity contribution in [3.63, 3.8) is 0 Å². The lowest BCUT2D eigenvalue weighted by atomic mass is 10.0. The average molecular weight is 334 g/mol. The molecule has 2 saturated heterocycles. The van der Waals surface area contributed by atoms with Crippen molar-refractivity contribution in [2.45, 2.75) is 31.5 Å². The molecule has 2 fully saturated rings. The Balaban J connectivity index is 1.59. The van der Waals surface area contributed by atoms with Crippen LogP contribution in [-0.4, -0.2) is 58.3 Å². The number of carbonyl (C=O) groups is 3. The number of esters is 1. The number of aliphatic carboxylic acids is 1. The fraction of sp³-hybridized carbons (Fsp3) is 0.438. The summed E-state index contributed by atoms with van der Waals surface area (Å²) in [5.74, 6) is -1.61. The van der Waals surface area contributed by atoms with Crippen LogP contribution < -0.4 is 0 Å². The van der Waals surface area contributed by atoms with Crippen LogP contribution in [0.15, 0.2) is 30.3 Å². The molecular formula is C16H18N2O6. The zero-order chi connectivity index (χ0) is 17.1. The highest BCUT2D eigenvalue weighted by Crippen LogP contribution is 2.30. The van der Waals surface area contributed by atoms with Crippen LogP contribution in [0.5, 0.6) is 0 Å². The Hall–Kier alpha value is -2.61. The average Bonchev–Trinajstić information content (AvgIpc) is 2.83. The molecule has 0 radical (unpaired) electrons. The number of fused-ring (bicyclic) bond motifs is 2. The second kappa shape index (κ2) is 6.88.